The summed E-state index contributed by atoms with van der Waals surface area (Å²) in [5.74, 6) is 1.48. The van der Waals surface area contributed by atoms with Gasteiger partial charge in [-0.3, -0.25) is 9.69 Å². The van der Waals surface area contributed by atoms with Crippen LogP contribution in [0.15, 0.2) is 48.3 Å². The number of hydrogen-bond donors (Lipinski definition) is 1. The van der Waals surface area contributed by atoms with Crippen molar-refractivity contribution in [2.75, 3.05) is 11.9 Å². The SMILES string of the molecule is CC12CC3=CC(C1)CC(C(C)(C)C(=O)Nc1ncnc4c1CCN(Cc1ccccc1)C4)(C3)C2. The summed E-state index contributed by atoms with van der Waals surface area (Å²) >= 11 is 0. The van der Waals surface area contributed by atoms with Crippen LogP contribution < -0.4 is 5.32 Å². The first-order chi connectivity index (χ1) is 16.3. The van der Waals surface area contributed by atoms with Crippen LogP contribution in [0.2, 0.25) is 0 Å². The summed E-state index contributed by atoms with van der Waals surface area (Å²) in [5, 5.41) is 3.28. The van der Waals surface area contributed by atoms with Crippen LogP contribution in [0.1, 0.15) is 69.7 Å². The molecule has 1 aliphatic heterocycles. The van der Waals surface area contributed by atoms with Gasteiger partial charge >= 0.3 is 0 Å². The molecule has 0 radical (unpaired) electrons. The molecule has 2 saturated carbocycles. The summed E-state index contributed by atoms with van der Waals surface area (Å²) in [7, 11) is 0. The highest BCUT2D eigenvalue weighted by molar-refractivity contribution is 5.95. The molecule has 1 aromatic heterocycles. The molecule has 0 spiro atoms. The third-order valence-electron chi connectivity index (χ3n) is 9.32. The van der Waals surface area contributed by atoms with Crippen molar-refractivity contribution in [3.63, 3.8) is 0 Å². The van der Waals surface area contributed by atoms with Crippen molar-refractivity contribution in [2.45, 2.75) is 72.4 Å². The number of benzene rings is 1. The fourth-order valence-corrected chi connectivity index (χ4v) is 7.75. The lowest BCUT2D eigenvalue weighted by Crippen LogP contribution is -2.56. The Labute approximate surface area is 203 Å². The number of aromatic nitrogens is 2. The molecule has 2 fully saturated rings. The maximum Gasteiger partial charge on any atom is 0.231 e. The fraction of sp³-hybridized carbons (Fsp3) is 0.552. The number of carbonyl (C=O) groups excluding carboxylic acids is 1. The summed E-state index contributed by atoms with van der Waals surface area (Å²) in [6.45, 7) is 9.44. The topological polar surface area (TPSA) is 58.1 Å². The first-order valence-electron chi connectivity index (χ1n) is 12.9. The van der Waals surface area contributed by atoms with E-state index in [0.717, 1.165) is 62.4 Å². The zero-order valence-electron chi connectivity index (χ0n) is 20.7. The quantitative estimate of drug-likeness (QED) is 0.602. The van der Waals surface area contributed by atoms with Crippen molar-refractivity contribution >= 4 is 11.7 Å². The lowest BCUT2D eigenvalue weighted by atomic mass is 9.42. The van der Waals surface area contributed by atoms with Gasteiger partial charge in [0.2, 0.25) is 5.91 Å². The van der Waals surface area contributed by atoms with Gasteiger partial charge in [0.05, 0.1) is 5.69 Å². The van der Waals surface area contributed by atoms with Crippen molar-refractivity contribution in [3.8, 4) is 0 Å². The summed E-state index contributed by atoms with van der Waals surface area (Å²) in [4.78, 5) is 25.4. The number of nitrogens with zero attached hydrogens (tertiary/aromatic N) is 3. The highest BCUT2D eigenvalue weighted by Crippen LogP contribution is 2.68. The first-order valence-corrected chi connectivity index (χ1v) is 12.9. The van der Waals surface area contributed by atoms with Gasteiger partial charge in [0, 0.05) is 30.6 Å². The van der Waals surface area contributed by atoms with Crippen LogP contribution in [0.4, 0.5) is 5.82 Å². The number of amides is 1. The molecule has 4 bridgehead atoms. The zero-order chi connectivity index (χ0) is 23.6. The molecule has 0 saturated heterocycles. The highest BCUT2D eigenvalue weighted by Gasteiger charge is 2.60. The average molecular weight is 457 g/mol. The predicted molar refractivity (Wildman–Crippen MR) is 134 cm³/mol. The first kappa shape index (κ1) is 22.0. The lowest BCUT2D eigenvalue weighted by molar-refractivity contribution is -0.141. The number of anilines is 1. The van der Waals surface area contributed by atoms with Crippen molar-refractivity contribution < 1.29 is 4.79 Å². The van der Waals surface area contributed by atoms with Crippen molar-refractivity contribution in [1.29, 1.82) is 0 Å². The molecule has 5 heteroatoms. The third kappa shape index (κ3) is 3.60. The van der Waals surface area contributed by atoms with Gasteiger partial charge in [-0.25, -0.2) is 9.97 Å². The molecule has 3 unspecified atom stereocenters. The van der Waals surface area contributed by atoms with Gasteiger partial charge in [-0.05, 0) is 60.8 Å². The van der Waals surface area contributed by atoms with Gasteiger partial charge in [-0.2, -0.15) is 0 Å². The van der Waals surface area contributed by atoms with Crippen molar-refractivity contribution in [3.05, 3.63) is 65.1 Å². The van der Waals surface area contributed by atoms with E-state index in [1.807, 2.05) is 0 Å². The van der Waals surface area contributed by atoms with E-state index >= 15 is 0 Å². The molecular weight excluding hydrogens is 420 g/mol. The maximum absolute atomic E-state index is 13.8. The van der Waals surface area contributed by atoms with E-state index in [1.165, 1.54) is 18.4 Å². The van der Waals surface area contributed by atoms with E-state index in [0.29, 0.717) is 11.3 Å². The van der Waals surface area contributed by atoms with Gasteiger partial charge in [-0.15, -0.1) is 0 Å². The molecule has 1 aromatic carbocycles. The Morgan fingerprint density at radius 3 is 2.76 bits per heavy atom. The highest BCUT2D eigenvalue weighted by atomic mass is 16.2. The molecule has 1 amide bonds. The van der Waals surface area contributed by atoms with Crippen LogP contribution in [-0.2, 0) is 24.3 Å². The van der Waals surface area contributed by atoms with E-state index < -0.39 is 5.41 Å². The fourth-order valence-electron chi connectivity index (χ4n) is 7.75. The van der Waals surface area contributed by atoms with Crippen LogP contribution in [0.5, 0.6) is 0 Å². The van der Waals surface area contributed by atoms with Crippen LogP contribution >= 0.6 is 0 Å². The van der Waals surface area contributed by atoms with E-state index in [1.54, 1.807) is 11.9 Å². The summed E-state index contributed by atoms with van der Waals surface area (Å²) in [6.07, 6.45) is 10.9. The van der Waals surface area contributed by atoms with E-state index in [4.69, 9.17) is 0 Å². The predicted octanol–water partition coefficient (Wildman–Crippen LogP) is 5.53. The Kier molecular flexibility index (Phi) is 5.00. The van der Waals surface area contributed by atoms with Crippen LogP contribution in [0.3, 0.4) is 0 Å². The summed E-state index contributed by atoms with van der Waals surface area (Å²) in [6, 6.07) is 10.6. The normalized spacial score (nSPS) is 30.1. The molecule has 4 aliphatic carbocycles. The maximum atomic E-state index is 13.8. The standard InChI is InChI=1S/C29H36N4O/c1-27(2,29-14-21-11-22(15-29)13-28(3,12-21)18-29)26(34)32-25-23-9-10-33(17-24(23)30-19-31-25)16-20-7-5-4-6-8-20/h4-8,11,19,21H,9-10,12-18H2,1-3H3,(H,30,31,32,34). The molecule has 2 heterocycles. The molecule has 34 heavy (non-hydrogen) atoms. The molecule has 2 aromatic rings. The average Bonchev–Trinajstić information content (AvgIpc) is 2.78. The second kappa shape index (κ2) is 7.74. The van der Waals surface area contributed by atoms with Crippen LogP contribution in [-0.4, -0.2) is 27.3 Å². The van der Waals surface area contributed by atoms with Gasteiger partial charge in [0.25, 0.3) is 0 Å². The minimum absolute atomic E-state index is 0.0522. The minimum Gasteiger partial charge on any atom is -0.310 e. The van der Waals surface area contributed by atoms with Crippen molar-refractivity contribution in [1.82, 2.24) is 14.9 Å². The Bertz CT molecular complexity index is 1160. The summed E-state index contributed by atoms with van der Waals surface area (Å²) in [5.41, 5.74) is 5.02. The second-order valence-electron chi connectivity index (χ2n) is 12.3. The van der Waals surface area contributed by atoms with Crippen molar-refractivity contribution in [2.24, 2.45) is 22.2 Å². The summed E-state index contributed by atoms with van der Waals surface area (Å²) < 4.78 is 0. The van der Waals surface area contributed by atoms with Crippen LogP contribution in [0.25, 0.3) is 0 Å². The third-order valence-corrected chi connectivity index (χ3v) is 9.32. The largest absolute Gasteiger partial charge is 0.310 e. The second-order valence-corrected chi connectivity index (χ2v) is 12.3. The van der Waals surface area contributed by atoms with E-state index in [9.17, 15) is 4.79 Å². The van der Waals surface area contributed by atoms with E-state index in [-0.39, 0.29) is 11.3 Å². The number of allylic oxidation sites excluding steroid dienone is 2. The Morgan fingerprint density at radius 1 is 1.18 bits per heavy atom. The smallest absolute Gasteiger partial charge is 0.231 e. The molecular formula is C29H36N4O. The lowest BCUT2D eigenvalue weighted by Gasteiger charge is -2.62. The molecule has 5 aliphatic rings. The number of hydrogen-bond acceptors (Lipinski definition) is 4. The van der Waals surface area contributed by atoms with Crippen LogP contribution in [0, 0.1) is 22.2 Å². The molecule has 5 nitrogen and oxygen atoms in total. The molecule has 1 N–H and O–H groups in total. The zero-order valence-corrected chi connectivity index (χ0v) is 20.7. The number of fused-ring (bicyclic) bond motifs is 1. The van der Waals surface area contributed by atoms with Gasteiger partial charge in [0.15, 0.2) is 0 Å². The number of rotatable bonds is 5. The molecule has 7 rings (SSSR count). The molecule has 3 atom stereocenters. The number of carbonyl (C=O) groups is 1. The Hall–Kier alpha value is -2.53. The number of nitrogens with one attached hydrogen (secondary N) is 1. The van der Waals surface area contributed by atoms with Gasteiger partial charge in [-0.1, -0.05) is 62.8 Å². The Balaban J connectivity index is 1.21. The Morgan fingerprint density at radius 2 is 2.00 bits per heavy atom. The monoisotopic (exact) mass is 456 g/mol. The van der Waals surface area contributed by atoms with Gasteiger partial charge in [0.1, 0.15) is 12.1 Å². The molecule has 178 valence electrons. The van der Waals surface area contributed by atoms with E-state index in [2.05, 4.69) is 77.4 Å². The minimum atomic E-state index is -0.446. The van der Waals surface area contributed by atoms with Gasteiger partial charge < -0.3 is 5.32 Å².